The van der Waals surface area contributed by atoms with E-state index < -0.39 is 11.7 Å². The fourth-order valence-electron chi connectivity index (χ4n) is 2.36. The highest BCUT2D eigenvalue weighted by atomic mass is 16.6. The van der Waals surface area contributed by atoms with Crippen LogP contribution in [0.3, 0.4) is 0 Å². The van der Waals surface area contributed by atoms with Crippen LogP contribution in [0, 0.1) is 5.92 Å². The first kappa shape index (κ1) is 15.1. The fourth-order valence-corrected chi connectivity index (χ4v) is 2.36. The minimum atomic E-state index is -0.498. The van der Waals surface area contributed by atoms with Gasteiger partial charge in [0.05, 0.1) is 19.3 Å². The van der Waals surface area contributed by atoms with Crippen LogP contribution in [0.15, 0.2) is 0 Å². The number of hydrogen-bond acceptors (Lipinski definition) is 4. The number of carbonyl (C=O) groups is 2. The van der Waals surface area contributed by atoms with Crippen LogP contribution in [0.4, 0.5) is 4.79 Å². The van der Waals surface area contributed by atoms with Gasteiger partial charge in [0.2, 0.25) is 5.91 Å². The smallest absolute Gasteiger partial charge is 0.407 e. The van der Waals surface area contributed by atoms with E-state index in [1.165, 1.54) is 0 Å². The van der Waals surface area contributed by atoms with Crippen molar-refractivity contribution in [2.24, 2.45) is 5.92 Å². The highest BCUT2D eigenvalue weighted by Crippen LogP contribution is 2.18. The number of hydrogen-bond donors (Lipinski definition) is 1. The van der Waals surface area contributed by atoms with Crippen molar-refractivity contribution in [1.82, 2.24) is 10.2 Å². The van der Waals surface area contributed by atoms with Gasteiger partial charge < -0.3 is 19.7 Å². The van der Waals surface area contributed by atoms with E-state index in [9.17, 15) is 9.59 Å². The highest BCUT2D eigenvalue weighted by molar-refractivity contribution is 5.77. The van der Waals surface area contributed by atoms with E-state index in [0.717, 1.165) is 6.42 Å². The molecule has 2 amide bonds. The Labute approximate surface area is 119 Å². The number of rotatable bonds is 3. The zero-order valence-corrected chi connectivity index (χ0v) is 12.5. The Kier molecular flexibility index (Phi) is 4.52. The lowest BCUT2D eigenvalue weighted by molar-refractivity contribution is -0.135. The summed E-state index contributed by atoms with van der Waals surface area (Å²) in [6, 6.07) is -0.00793. The number of carbonyl (C=O) groups excluding carboxylic acids is 2. The molecule has 0 aliphatic carbocycles. The Balaban J connectivity index is 1.71. The number of likely N-dealkylation sites (tertiary alicyclic amines) is 1. The topological polar surface area (TPSA) is 67.9 Å². The first-order valence-corrected chi connectivity index (χ1v) is 7.18. The molecular formula is C14H24N2O4. The molecule has 2 saturated heterocycles. The summed E-state index contributed by atoms with van der Waals surface area (Å²) in [6.07, 6.45) is 0.926. The van der Waals surface area contributed by atoms with Gasteiger partial charge in [-0.2, -0.15) is 0 Å². The molecule has 2 rings (SSSR count). The minimum Gasteiger partial charge on any atom is -0.444 e. The number of nitrogens with one attached hydrogen (secondary N) is 1. The lowest BCUT2D eigenvalue weighted by Gasteiger charge is -2.27. The Morgan fingerprint density at radius 2 is 2.05 bits per heavy atom. The third kappa shape index (κ3) is 4.37. The van der Waals surface area contributed by atoms with E-state index in [0.29, 0.717) is 38.6 Å². The molecule has 1 N–H and O–H groups in total. The summed E-state index contributed by atoms with van der Waals surface area (Å²) >= 11 is 0. The molecule has 0 saturated carbocycles. The van der Waals surface area contributed by atoms with E-state index in [4.69, 9.17) is 9.47 Å². The summed E-state index contributed by atoms with van der Waals surface area (Å²) in [5.74, 6) is 0.534. The lowest BCUT2D eigenvalue weighted by atomic mass is 10.0. The average Bonchev–Trinajstić information content (AvgIpc) is 2.68. The second-order valence-electron chi connectivity index (χ2n) is 6.58. The van der Waals surface area contributed by atoms with Crippen LogP contribution >= 0.6 is 0 Å². The van der Waals surface area contributed by atoms with Gasteiger partial charge in [-0.05, 0) is 27.2 Å². The normalized spacial score (nSPS) is 23.4. The molecule has 0 bridgehead atoms. The predicted molar refractivity (Wildman–Crippen MR) is 73.3 cm³/mol. The maximum absolute atomic E-state index is 12.0. The molecule has 20 heavy (non-hydrogen) atoms. The zero-order valence-electron chi connectivity index (χ0n) is 12.5. The van der Waals surface area contributed by atoms with Crippen LogP contribution < -0.4 is 5.32 Å². The molecule has 1 unspecified atom stereocenters. The van der Waals surface area contributed by atoms with Gasteiger partial charge in [-0.1, -0.05) is 0 Å². The summed E-state index contributed by atoms with van der Waals surface area (Å²) in [6.45, 7) is 8.16. The predicted octanol–water partition coefficient (Wildman–Crippen LogP) is 1.15. The molecule has 0 aromatic heterocycles. The van der Waals surface area contributed by atoms with Crippen molar-refractivity contribution < 1.29 is 19.1 Å². The second kappa shape index (κ2) is 5.99. The minimum absolute atomic E-state index is 0.00793. The SMILES string of the molecule is CC(C)(C)OC(=O)NC1CCN(C(=O)CC2COC2)C1. The second-order valence-corrected chi connectivity index (χ2v) is 6.58. The Morgan fingerprint density at radius 1 is 1.35 bits per heavy atom. The Bertz CT molecular complexity index is 374. The molecule has 2 heterocycles. The zero-order chi connectivity index (χ0) is 14.8. The monoisotopic (exact) mass is 284 g/mol. The molecule has 0 spiro atoms. The van der Waals surface area contributed by atoms with Crippen molar-refractivity contribution in [3.8, 4) is 0 Å². The molecule has 2 aliphatic rings. The number of alkyl carbamates (subject to hydrolysis) is 1. The number of nitrogens with zero attached hydrogens (tertiary/aromatic N) is 1. The van der Waals surface area contributed by atoms with Crippen LogP contribution in [0.1, 0.15) is 33.6 Å². The number of ether oxygens (including phenoxy) is 2. The van der Waals surface area contributed by atoms with Crippen LogP contribution in [0.25, 0.3) is 0 Å². The highest BCUT2D eigenvalue weighted by Gasteiger charge is 2.31. The van der Waals surface area contributed by atoms with Crippen LogP contribution in [0.5, 0.6) is 0 Å². The van der Waals surface area contributed by atoms with Crippen molar-refractivity contribution >= 4 is 12.0 Å². The van der Waals surface area contributed by atoms with Gasteiger partial charge in [-0.15, -0.1) is 0 Å². The van der Waals surface area contributed by atoms with Crippen molar-refractivity contribution in [3.63, 3.8) is 0 Å². The van der Waals surface area contributed by atoms with Crippen molar-refractivity contribution in [1.29, 1.82) is 0 Å². The van der Waals surface area contributed by atoms with Gasteiger partial charge in [-0.25, -0.2) is 4.79 Å². The van der Waals surface area contributed by atoms with E-state index in [2.05, 4.69) is 5.32 Å². The van der Waals surface area contributed by atoms with Crippen LogP contribution in [-0.4, -0.2) is 54.8 Å². The van der Waals surface area contributed by atoms with Gasteiger partial charge in [0.1, 0.15) is 5.60 Å². The van der Waals surface area contributed by atoms with Gasteiger partial charge in [0.25, 0.3) is 0 Å². The summed E-state index contributed by atoms with van der Waals surface area (Å²) < 4.78 is 10.3. The Hall–Kier alpha value is -1.30. The van der Waals surface area contributed by atoms with E-state index in [1.807, 2.05) is 25.7 Å². The largest absolute Gasteiger partial charge is 0.444 e. The van der Waals surface area contributed by atoms with E-state index in [1.54, 1.807) is 0 Å². The van der Waals surface area contributed by atoms with E-state index >= 15 is 0 Å². The molecule has 0 radical (unpaired) electrons. The van der Waals surface area contributed by atoms with Crippen molar-refractivity contribution in [2.45, 2.75) is 45.3 Å². The maximum Gasteiger partial charge on any atom is 0.407 e. The third-order valence-electron chi connectivity index (χ3n) is 3.43. The molecule has 2 fully saturated rings. The van der Waals surface area contributed by atoms with Crippen molar-refractivity contribution in [2.75, 3.05) is 26.3 Å². The van der Waals surface area contributed by atoms with Gasteiger partial charge in [-0.3, -0.25) is 4.79 Å². The van der Waals surface area contributed by atoms with Gasteiger partial charge >= 0.3 is 6.09 Å². The quantitative estimate of drug-likeness (QED) is 0.844. The maximum atomic E-state index is 12.0. The standard InChI is InChI=1S/C14H24N2O4/c1-14(2,3)20-13(18)15-11-4-5-16(7-11)12(17)6-10-8-19-9-10/h10-11H,4-9H2,1-3H3,(H,15,18). The van der Waals surface area contributed by atoms with Gasteiger partial charge in [0.15, 0.2) is 0 Å². The first-order valence-electron chi connectivity index (χ1n) is 7.18. The molecule has 0 aromatic carbocycles. The summed E-state index contributed by atoms with van der Waals surface area (Å²) in [5, 5.41) is 2.82. The molecule has 1 atom stereocenters. The van der Waals surface area contributed by atoms with Crippen molar-refractivity contribution in [3.05, 3.63) is 0 Å². The number of amides is 2. The first-order chi connectivity index (χ1) is 9.33. The van der Waals surface area contributed by atoms with Crippen LogP contribution in [0.2, 0.25) is 0 Å². The molecule has 2 aliphatic heterocycles. The summed E-state index contributed by atoms with van der Waals surface area (Å²) in [5.41, 5.74) is -0.498. The average molecular weight is 284 g/mol. The fraction of sp³-hybridized carbons (Fsp3) is 0.857. The molecule has 0 aromatic rings. The van der Waals surface area contributed by atoms with E-state index in [-0.39, 0.29) is 11.9 Å². The van der Waals surface area contributed by atoms with Gasteiger partial charge in [0, 0.05) is 25.4 Å². The molecule has 114 valence electrons. The summed E-state index contributed by atoms with van der Waals surface area (Å²) in [7, 11) is 0. The summed E-state index contributed by atoms with van der Waals surface area (Å²) in [4.78, 5) is 25.5. The molecular weight excluding hydrogens is 260 g/mol. The Morgan fingerprint density at radius 3 is 2.60 bits per heavy atom. The lowest BCUT2D eigenvalue weighted by Crippen LogP contribution is -2.42. The third-order valence-corrected chi connectivity index (χ3v) is 3.43. The molecule has 6 heteroatoms. The van der Waals surface area contributed by atoms with Crippen LogP contribution in [-0.2, 0) is 14.3 Å². The molecule has 6 nitrogen and oxygen atoms in total.